The van der Waals surface area contributed by atoms with Crippen LogP contribution in [0.4, 0.5) is 0 Å². The summed E-state index contributed by atoms with van der Waals surface area (Å²) in [5.41, 5.74) is 3.96. The Morgan fingerprint density at radius 2 is 1.72 bits per heavy atom. The standard InChI is InChI=1S/C26H32Cl2N2O2/c1-4-24(26(32)29-22-7-5-6-8-22)30(16-20-9-10-21(27)15-23(20)28)25(31)14-19-12-17(2)11-18(3)13-19/h9-13,15,22,24H,4-8,14,16H2,1-3H3,(H,29,32)/t24-/m0/s1. The lowest BCUT2D eigenvalue weighted by Crippen LogP contribution is -2.51. The van der Waals surface area contributed by atoms with Crippen molar-refractivity contribution in [3.05, 3.63) is 68.7 Å². The third-order valence-corrected chi connectivity index (χ3v) is 6.67. The zero-order valence-corrected chi connectivity index (χ0v) is 20.6. The molecule has 0 heterocycles. The lowest BCUT2D eigenvalue weighted by atomic mass is 10.0. The van der Waals surface area contributed by atoms with Crippen LogP contribution in [0.5, 0.6) is 0 Å². The monoisotopic (exact) mass is 474 g/mol. The number of rotatable bonds is 8. The van der Waals surface area contributed by atoms with E-state index in [1.54, 1.807) is 17.0 Å². The van der Waals surface area contributed by atoms with Crippen LogP contribution < -0.4 is 5.32 Å². The molecule has 172 valence electrons. The molecule has 2 aromatic carbocycles. The molecule has 0 spiro atoms. The number of aryl methyl sites for hydroxylation is 2. The van der Waals surface area contributed by atoms with Gasteiger partial charge in [-0.05, 0) is 56.4 Å². The molecule has 1 aliphatic rings. The summed E-state index contributed by atoms with van der Waals surface area (Å²) in [6, 6.07) is 11.0. The molecule has 1 atom stereocenters. The van der Waals surface area contributed by atoms with Crippen molar-refractivity contribution in [1.82, 2.24) is 10.2 Å². The highest BCUT2D eigenvalue weighted by molar-refractivity contribution is 6.35. The molecule has 1 saturated carbocycles. The summed E-state index contributed by atoms with van der Waals surface area (Å²) in [5.74, 6) is -0.173. The number of halogens is 2. The molecule has 3 rings (SSSR count). The van der Waals surface area contributed by atoms with Crippen molar-refractivity contribution in [1.29, 1.82) is 0 Å². The van der Waals surface area contributed by atoms with Gasteiger partial charge in [-0.15, -0.1) is 0 Å². The Morgan fingerprint density at radius 3 is 2.31 bits per heavy atom. The molecular weight excluding hydrogens is 443 g/mol. The van der Waals surface area contributed by atoms with Gasteiger partial charge in [0.05, 0.1) is 6.42 Å². The molecule has 0 bridgehead atoms. The highest BCUT2D eigenvalue weighted by atomic mass is 35.5. The van der Waals surface area contributed by atoms with Crippen molar-refractivity contribution in [2.45, 2.75) is 77.9 Å². The second-order valence-electron chi connectivity index (χ2n) is 8.84. The maximum absolute atomic E-state index is 13.5. The maximum atomic E-state index is 13.5. The molecule has 2 amide bonds. The van der Waals surface area contributed by atoms with Crippen molar-refractivity contribution in [2.24, 2.45) is 0 Å². The number of hydrogen-bond donors (Lipinski definition) is 1. The van der Waals surface area contributed by atoms with Crippen LogP contribution in [0.15, 0.2) is 36.4 Å². The summed E-state index contributed by atoms with van der Waals surface area (Å²) in [7, 11) is 0. The predicted octanol–water partition coefficient (Wildman–Crippen LogP) is 6.02. The molecule has 4 nitrogen and oxygen atoms in total. The van der Waals surface area contributed by atoms with E-state index < -0.39 is 6.04 Å². The summed E-state index contributed by atoms with van der Waals surface area (Å²) in [6.07, 6.45) is 5.04. The molecule has 2 aromatic rings. The van der Waals surface area contributed by atoms with Crippen LogP contribution in [0.1, 0.15) is 61.3 Å². The van der Waals surface area contributed by atoms with E-state index in [-0.39, 0.29) is 30.8 Å². The Hall–Kier alpha value is -2.04. The van der Waals surface area contributed by atoms with Crippen molar-refractivity contribution in [3.63, 3.8) is 0 Å². The third kappa shape index (κ3) is 6.49. The summed E-state index contributed by atoms with van der Waals surface area (Å²) in [4.78, 5) is 28.4. The van der Waals surface area contributed by atoms with Gasteiger partial charge in [0.15, 0.2) is 0 Å². The van der Waals surface area contributed by atoms with Gasteiger partial charge in [-0.25, -0.2) is 0 Å². The van der Waals surface area contributed by atoms with Gasteiger partial charge >= 0.3 is 0 Å². The minimum atomic E-state index is -0.555. The number of nitrogens with zero attached hydrogens (tertiary/aromatic N) is 1. The topological polar surface area (TPSA) is 49.4 Å². The second kappa shape index (κ2) is 11.2. The van der Waals surface area contributed by atoms with Gasteiger partial charge in [0, 0.05) is 22.6 Å². The number of hydrogen-bond acceptors (Lipinski definition) is 2. The molecule has 0 saturated heterocycles. The van der Waals surface area contributed by atoms with Crippen LogP contribution in [-0.4, -0.2) is 28.8 Å². The molecule has 0 aliphatic heterocycles. The zero-order chi connectivity index (χ0) is 23.3. The fourth-order valence-corrected chi connectivity index (χ4v) is 5.04. The van der Waals surface area contributed by atoms with Crippen LogP contribution in [0.25, 0.3) is 0 Å². The second-order valence-corrected chi connectivity index (χ2v) is 9.69. The summed E-state index contributed by atoms with van der Waals surface area (Å²) >= 11 is 12.5. The molecule has 0 unspecified atom stereocenters. The average Bonchev–Trinajstić information content (AvgIpc) is 3.21. The normalized spacial score (nSPS) is 14.9. The van der Waals surface area contributed by atoms with E-state index >= 15 is 0 Å². The first-order chi connectivity index (χ1) is 15.3. The maximum Gasteiger partial charge on any atom is 0.243 e. The van der Waals surface area contributed by atoms with Crippen molar-refractivity contribution in [2.75, 3.05) is 0 Å². The molecule has 0 aromatic heterocycles. The van der Waals surface area contributed by atoms with E-state index in [1.165, 1.54) is 0 Å². The Kier molecular flexibility index (Phi) is 8.61. The van der Waals surface area contributed by atoms with Gasteiger partial charge in [-0.2, -0.15) is 0 Å². The molecule has 1 aliphatic carbocycles. The van der Waals surface area contributed by atoms with Crippen LogP contribution >= 0.6 is 23.2 Å². The first-order valence-corrected chi connectivity index (χ1v) is 12.1. The van der Waals surface area contributed by atoms with E-state index in [0.717, 1.165) is 47.9 Å². The van der Waals surface area contributed by atoms with Gasteiger partial charge in [0.2, 0.25) is 11.8 Å². The smallest absolute Gasteiger partial charge is 0.243 e. The molecule has 6 heteroatoms. The van der Waals surface area contributed by atoms with Gasteiger partial charge < -0.3 is 10.2 Å². The Morgan fingerprint density at radius 1 is 1.06 bits per heavy atom. The van der Waals surface area contributed by atoms with E-state index in [9.17, 15) is 9.59 Å². The van der Waals surface area contributed by atoms with E-state index in [0.29, 0.717) is 16.5 Å². The number of carbonyl (C=O) groups is 2. The van der Waals surface area contributed by atoms with Crippen LogP contribution in [0.2, 0.25) is 10.0 Å². The lowest BCUT2D eigenvalue weighted by molar-refractivity contribution is -0.141. The minimum absolute atomic E-state index is 0.0849. The van der Waals surface area contributed by atoms with Crippen LogP contribution in [-0.2, 0) is 22.6 Å². The molecule has 32 heavy (non-hydrogen) atoms. The first-order valence-electron chi connectivity index (χ1n) is 11.4. The lowest BCUT2D eigenvalue weighted by Gasteiger charge is -2.32. The quantitative estimate of drug-likeness (QED) is 0.508. The number of amides is 2. The van der Waals surface area contributed by atoms with E-state index in [4.69, 9.17) is 23.2 Å². The number of benzene rings is 2. The molecule has 1 N–H and O–H groups in total. The fraction of sp³-hybridized carbons (Fsp3) is 0.462. The number of nitrogens with one attached hydrogen (secondary N) is 1. The summed E-state index contributed by atoms with van der Waals surface area (Å²) < 4.78 is 0. The van der Waals surface area contributed by atoms with Gasteiger partial charge in [-0.3, -0.25) is 9.59 Å². The average molecular weight is 475 g/mol. The predicted molar refractivity (Wildman–Crippen MR) is 131 cm³/mol. The van der Waals surface area contributed by atoms with Gasteiger partial charge in [0.1, 0.15) is 6.04 Å². The Labute approximate surface area is 201 Å². The third-order valence-electron chi connectivity index (χ3n) is 6.08. The van der Waals surface area contributed by atoms with E-state index in [1.807, 2.05) is 39.0 Å². The summed E-state index contributed by atoms with van der Waals surface area (Å²) in [5, 5.41) is 4.20. The Bertz CT molecular complexity index is 950. The highest BCUT2D eigenvalue weighted by Gasteiger charge is 2.31. The molecule has 0 radical (unpaired) electrons. The largest absolute Gasteiger partial charge is 0.352 e. The van der Waals surface area contributed by atoms with Crippen LogP contribution in [0.3, 0.4) is 0 Å². The SMILES string of the molecule is CC[C@@H](C(=O)NC1CCCC1)N(Cc1ccc(Cl)cc1Cl)C(=O)Cc1cc(C)cc(C)c1. The number of carbonyl (C=O) groups excluding carboxylic acids is 2. The molecule has 1 fully saturated rings. The van der Waals surface area contributed by atoms with E-state index in [2.05, 4.69) is 11.4 Å². The van der Waals surface area contributed by atoms with Crippen LogP contribution in [0, 0.1) is 13.8 Å². The van der Waals surface area contributed by atoms with Crippen molar-refractivity contribution >= 4 is 35.0 Å². The van der Waals surface area contributed by atoms with Gasteiger partial charge in [-0.1, -0.05) is 78.4 Å². The summed E-state index contributed by atoms with van der Waals surface area (Å²) in [6.45, 7) is 6.25. The van der Waals surface area contributed by atoms with Gasteiger partial charge in [0.25, 0.3) is 0 Å². The minimum Gasteiger partial charge on any atom is -0.352 e. The van der Waals surface area contributed by atoms with Crippen molar-refractivity contribution in [3.8, 4) is 0 Å². The van der Waals surface area contributed by atoms with Crippen molar-refractivity contribution < 1.29 is 9.59 Å². The Balaban J connectivity index is 1.87. The first kappa shape index (κ1) is 24.6. The fourth-order valence-electron chi connectivity index (χ4n) is 4.57. The molecular formula is C26H32Cl2N2O2. The highest BCUT2D eigenvalue weighted by Crippen LogP contribution is 2.25. The zero-order valence-electron chi connectivity index (χ0n) is 19.1.